The van der Waals surface area contributed by atoms with Crippen molar-refractivity contribution in [1.82, 2.24) is 5.32 Å². The van der Waals surface area contributed by atoms with E-state index in [2.05, 4.69) is 54.7 Å². The largest absolute Gasteiger partial charge is 0.497 e. The molecule has 4 aliphatic carbocycles. The Labute approximate surface area is 164 Å². The number of rotatable bonds is 4. The van der Waals surface area contributed by atoms with Crippen molar-refractivity contribution in [3.05, 3.63) is 53.6 Å². The van der Waals surface area contributed by atoms with Crippen LogP contribution in [0.1, 0.15) is 56.1 Å². The standard InChI is InChI=1S/C25H33NO/c1-25-12-11-22-21-10-8-20(27-2)13-18(21)7-9-23(22)24(25)14-19(15-25)26-16-17-5-3-4-6-17/h3-6,8,10,13,17,19,22-24,26H,7,9,11-12,14-16H2,1-2H3/t19-,22-,23-,24+,25-/m1/s1. The van der Waals surface area contributed by atoms with Gasteiger partial charge < -0.3 is 10.1 Å². The van der Waals surface area contributed by atoms with Crippen LogP contribution in [0.25, 0.3) is 0 Å². The predicted octanol–water partition coefficient (Wildman–Crippen LogP) is 5.25. The third kappa shape index (κ3) is 3.06. The molecule has 2 fully saturated rings. The summed E-state index contributed by atoms with van der Waals surface area (Å²) < 4.78 is 5.47. The number of aryl methyl sites for hydroxylation is 1. The second-order valence-electron chi connectivity index (χ2n) is 9.65. The second kappa shape index (κ2) is 6.81. The molecule has 4 aliphatic rings. The molecule has 0 heterocycles. The predicted molar refractivity (Wildman–Crippen MR) is 111 cm³/mol. The zero-order valence-corrected chi connectivity index (χ0v) is 16.8. The first-order valence-corrected chi connectivity index (χ1v) is 10.9. The normalized spacial score (nSPS) is 37.1. The minimum absolute atomic E-state index is 0.546. The number of hydrogen-bond donors (Lipinski definition) is 1. The van der Waals surface area contributed by atoms with Gasteiger partial charge in [-0.05, 0) is 85.0 Å². The third-order valence-electron chi connectivity index (χ3n) is 8.17. The van der Waals surface area contributed by atoms with E-state index < -0.39 is 0 Å². The number of ether oxygens (including phenoxy) is 1. The van der Waals surface area contributed by atoms with E-state index in [1.165, 1.54) is 38.5 Å². The van der Waals surface area contributed by atoms with Crippen molar-refractivity contribution in [2.24, 2.45) is 23.2 Å². The molecule has 0 unspecified atom stereocenters. The Morgan fingerprint density at radius 3 is 2.85 bits per heavy atom. The lowest BCUT2D eigenvalue weighted by Crippen LogP contribution is -2.39. The Hall–Kier alpha value is -1.54. The van der Waals surface area contributed by atoms with Gasteiger partial charge in [0.1, 0.15) is 5.75 Å². The van der Waals surface area contributed by atoms with Gasteiger partial charge in [0.25, 0.3) is 0 Å². The molecule has 0 aliphatic heterocycles. The summed E-state index contributed by atoms with van der Waals surface area (Å²) in [5.41, 5.74) is 3.72. The minimum Gasteiger partial charge on any atom is -0.497 e. The Morgan fingerprint density at radius 1 is 1.19 bits per heavy atom. The third-order valence-corrected chi connectivity index (χ3v) is 8.17. The molecule has 2 nitrogen and oxygen atoms in total. The molecule has 0 saturated heterocycles. The van der Waals surface area contributed by atoms with Gasteiger partial charge in [-0.15, -0.1) is 0 Å². The van der Waals surface area contributed by atoms with Crippen LogP contribution in [-0.4, -0.2) is 19.7 Å². The first-order valence-electron chi connectivity index (χ1n) is 10.9. The summed E-state index contributed by atoms with van der Waals surface area (Å²) in [5, 5.41) is 3.92. The van der Waals surface area contributed by atoms with E-state index in [4.69, 9.17) is 4.74 Å². The van der Waals surface area contributed by atoms with Crippen LogP contribution >= 0.6 is 0 Å². The summed E-state index contributed by atoms with van der Waals surface area (Å²) in [6.45, 7) is 3.70. The molecule has 27 heavy (non-hydrogen) atoms. The highest BCUT2D eigenvalue weighted by molar-refractivity contribution is 5.40. The van der Waals surface area contributed by atoms with Crippen molar-refractivity contribution in [3.63, 3.8) is 0 Å². The van der Waals surface area contributed by atoms with Gasteiger partial charge in [0.2, 0.25) is 0 Å². The summed E-state index contributed by atoms with van der Waals surface area (Å²) in [5.74, 6) is 4.16. The Bertz CT molecular complexity index is 754. The quantitative estimate of drug-likeness (QED) is 0.789. The van der Waals surface area contributed by atoms with Crippen LogP contribution in [0.3, 0.4) is 0 Å². The molecule has 0 amide bonds. The van der Waals surface area contributed by atoms with Gasteiger partial charge in [-0.1, -0.05) is 37.3 Å². The summed E-state index contributed by atoms with van der Waals surface area (Å²) >= 11 is 0. The summed E-state index contributed by atoms with van der Waals surface area (Å²) in [7, 11) is 1.78. The molecule has 2 saturated carbocycles. The lowest BCUT2D eigenvalue weighted by Gasteiger charge is -2.49. The lowest BCUT2D eigenvalue weighted by atomic mass is 9.56. The number of fused-ring (bicyclic) bond motifs is 5. The van der Waals surface area contributed by atoms with Crippen LogP contribution in [0, 0.1) is 23.2 Å². The average molecular weight is 364 g/mol. The first kappa shape index (κ1) is 17.6. The molecule has 0 spiro atoms. The van der Waals surface area contributed by atoms with E-state index in [9.17, 15) is 0 Å². The van der Waals surface area contributed by atoms with Crippen molar-refractivity contribution in [2.75, 3.05) is 13.7 Å². The van der Waals surface area contributed by atoms with E-state index in [1.807, 2.05) is 0 Å². The van der Waals surface area contributed by atoms with Gasteiger partial charge in [-0.25, -0.2) is 0 Å². The number of benzene rings is 1. The van der Waals surface area contributed by atoms with Crippen molar-refractivity contribution in [3.8, 4) is 5.75 Å². The maximum absolute atomic E-state index is 5.47. The summed E-state index contributed by atoms with van der Waals surface area (Å²) in [6, 6.07) is 7.55. The molecular formula is C25H33NO. The topological polar surface area (TPSA) is 21.3 Å². The Kier molecular flexibility index (Phi) is 4.43. The maximum Gasteiger partial charge on any atom is 0.119 e. The van der Waals surface area contributed by atoms with Gasteiger partial charge in [0.15, 0.2) is 0 Å². The van der Waals surface area contributed by atoms with E-state index in [1.54, 1.807) is 18.2 Å². The highest BCUT2D eigenvalue weighted by Gasteiger charge is 2.52. The average Bonchev–Trinajstić information content (AvgIpc) is 3.32. The Balaban J connectivity index is 1.32. The van der Waals surface area contributed by atoms with E-state index in [0.717, 1.165) is 30.0 Å². The molecule has 1 aromatic rings. The van der Waals surface area contributed by atoms with Gasteiger partial charge in [0, 0.05) is 18.5 Å². The van der Waals surface area contributed by atoms with Crippen molar-refractivity contribution >= 4 is 0 Å². The zero-order valence-electron chi connectivity index (χ0n) is 16.8. The van der Waals surface area contributed by atoms with Crippen LogP contribution in [0.2, 0.25) is 0 Å². The monoisotopic (exact) mass is 363 g/mol. The van der Waals surface area contributed by atoms with Crippen molar-refractivity contribution in [1.29, 1.82) is 0 Å². The van der Waals surface area contributed by atoms with Gasteiger partial charge >= 0.3 is 0 Å². The SMILES string of the molecule is COc1ccc2c(c1)CC[C@@H]1[C@@H]2CC[C@]2(C)C[C@H](NCC3C=CC=C3)C[C@@H]12. The highest BCUT2D eigenvalue weighted by Crippen LogP contribution is 2.60. The molecule has 0 bridgehead atoms. The van der Waals surface area contributed by atoms with Crippen LogP contribution in [0.5, 0.6) is 5.75 Å². The number of hydrogen-bond acceptors (Lipinski definition) is 2. The van der Waals surface area contributed by atoms with E-state index in [0.29, 0.717) is 17.4 Å². The number of allylic oxidation sites excluding steroid dienone is 2. The number of nitrogens with one attached hydrogen (secondary N) is 1. The van der Waals surface area contributed by atoms with E-state index >= 15 is 0 Å². The van der Waals surface area contributed by atoms with Crippen LogP contribution in [0.15, 0.2) is 42.5 Å². The molecule has 5 rings (SSSR count). The van der Waals surface area contributed by atoms with Gasteiger partial charge in [-0.2, -0.15) is 0 Å². The fourth-order valence-electron chi connectivity index (χ4n) is 6.82. The number of methoxy groups -OCH3 is 1. The van der Waals surface area contributed by atoms with Gasteiger partial charge in [-0.3, -0.25) is 0 Å². The summed E-state index contributed by atoms with van der Waals surface area (Å²) in [6.07, 6.45) is 17.1. The molecule has 144 valence electrons. The van der Waals surface area contributed by atoms with Crippen LogP contribution < -0.4 is 10.1 Å². The van der Waals surface area contributed by atoms with Crippen LogP contribution in [-0.2, 0) is 6.42 Å². The molecule has 0 aromatic heterocycles. The molecule has 5 atom stereocenters. The fourth-order valence-corrected chi connectivity index (χ4v) is 6.82. The van der Waals surface area contributed by atoms with Gasteiger partial charge in [0.05, 0.1) is 7.11 Å². The lowest BCUT2D eigenvalue weighted by molar-refractivity contribution is 0.0598. The van der Waals surface area contributed by atoms with Crippen molar-refractivity contribution < 1.29 is 4.74 Å². The minimum atomic E-state index is 0.546. The molecule has 2 heteroatoms. The fraction of sp³-hybridized carbons (Fsp3) is 0.600. The van der Waals surface area contributed by atoms with Crippen molar-refractivity contribution in [2.45, 2.75) is 57.4 Å². The maximum atomic E-state index is 5.47. The molecule has 1 aromatic carbocycles. The smallest absolute Gasteiger partial charge is 0.119 e. The first-order chi connectivity index (χ1) is 13.2. The van der Waals surface area contributed by atoms with Crippen LogP contribution in [0.4, 0.5) is 0 Å². The summed E-state index contributed by atoms with van der Waals surface area (Å²) in [4.78, 5) is 0. The molecular weight excluding hydrogens is 330 g/mol. The molecule has 1 N–H and O–H groups in total. The highest BCUT2D eigenvalue weighted by atomic mass is 16.5. The second-order valence-corrected chi connectivity index (χ2v) is 9.65. The molecule has 0 radical (unpaired) electrons. The Morgan fingerprint density at radius 2 is 2.04 bits per heavy atom. The zero-order chi connectivity index (χ0) is 18.4. The van der Waals surface area contributed by atoms with E-state index in [-0.39, 0.29) is 0 Å².